The van der Waals surface area contributed by atoms with Crippen molar-refractivity contribution in [2.45, 2.75) is 87.0 Å². The molecule has 332 valence electrons. The summed E-state index contributed by atoms with van der Waals surface area (Å²) in [4.78, 5) is 30.1. The molecule has 4 aromatic rings. The van der Waals surface area contributed by atoms with Crippen LogP contribution in [0.15, 0.2) is 131 Å². The molecule has 0 saturated heterocycles. The smallest absolute Gasteiger partial charge is 0.294 e. The highest BCUT2D eigenvalue weighted by Gasteiger charge is 2.44. The van der Waals surface area contributed by atoms with E-state index in [0.717, 1.165) is 69.1 Å². The maximum Gasteiger partial charge on any atom is 0.294 e. The number of carbonyl (C=O) groups excluding carboxylic acids is 2. The van der Waals surface area contributed by atoms with E-state index < -0.39 is 31.1 Å². The molecular formula is C50H53N4O8S2+. The SMILES string of the molecule is C[N+]1=C(C=CC=CC=C2N(CCCCCC(=O)NCCC(=O)N3Cc4ccccc4C#Cc4ccccc43)c3ccc(S(=O)(=O)O)cc3C2(C)C)C(C)(C)c2cc(S(=O)(=O)O)ccc21. The first kappa shape index (κ1) is 45.9. The van der Waals surface area contributed by atoms with Gasteiger partial charge in [-0.2, -0.15) is 21.4 Å². The first-order chi connectivity index (χ1) is 30.3. The third-order valence-corrected chi connectivity index (χ3v) is 14.0. The summed E-state index contributed by atoms with van der Waals surface area (Å²) >= 11 is 0. The number of rotatable bonds is 14. The first-order valence-corrected chi connectivity index (χ1v) is 24.1. The molecule has 14 heteroatoms. The molecule has 3 aliphatic rings. The van der Waals surface area contributed by atoms with Crippen molar-refractivity contribution in [2.24, 2.45) is 0 Å². The van der Waals surface area contributed by atoms with Gasteiger partial charge in [-0.1, -0.05) is 80.7 Å². The summed E-state index contributed by atoms with van der Waals surface area (Å²) in [5, 5.41) is 2.92. The van der Waals surface area contributed by atoms with Gasteiger partial charge in [-0.25, -0.2) is 0 Å². The van der Waals surface area contributed by atoms with Gasteiger partial charge in [-0.3, -0.25) is 18.7 Å². The van der Waals surface area contributed by atoms with Gasteiger partial charge in [0.05, 0.1) is 27.4 Å². The molecule has 12 nitrogen and oxygen atoms in total. The predicted octanol–water partition coefficient (Wildman–Crippen LogP) is 7.99. The molecule has 2 amide bonds. The summed E-state index contributed by atoms with van der Waals surface area (Å²) in [6.45, 7) is 9.20. The van der Waals surface area contributed by atoms with Crippen molar-refractivity contribution >= 4 is 54.8 Å². The zero-order valence-corrected chi connectivity index (χ0v) is 38.3. The third kappa shape index (κ3) is 9.54. The molecule has 3 N–H and O–H groups in total. The molecule has 0 bridgehead atoms. The van der Waals surface area contributed by atoms with Crippen LogP contribution in [0.2, 0.25) is 0 Å². The molecule has 0 aliphatic carbocycles. The molecule has 0 atom stereocenters. The van der Waals surface area contributed by atoms with Crippen LogP contribution in [0, 0.1) is 11.8 Å². The first-order valence-electron chi connectivity index (χ1n) is 21.2. The zero-order chi connectivity index (χ0) is 46.0. The lowest BCUT2D eigenvalue weighted by Gasteiger charge is -2.27. The van der Waals surface area contributed by atoms with E-state index in [0.29, 0.717) is 25.9 Å². The van der Waals surface area contributed by atoms with E-state index in [9.17, 15) is 35.5 Å². The summed E-state index contributed by atoms with van der Waals surface area (Å²) in [5.41, 5.74) is 7.27. The van der Waals surface area contributed by atoms with Gasteiger partial charge < -0.3 is 15.1 Å². The molecule has 0 spiro atoms. The number of nitrogens with zero attached hydrogens (tertiary/aromatic N) is 3. The van der Waals surface area contributed by atoms with Crippen LogP contribution in [0.4, 0.5) is 17.1 Å². The number of hydrogen-bond donors (Lipinski definition) is 3. The van der Waals surface area contributed by atoms with Crippen molar-refractivity contribution in [1.29, 1.82) is 0 Å². The second-order valence-corrected chi connectivity index (χ2v) is 20.1. The van der Waals surface area contributed by atoms with Crippen LogP contribution in [-0.2, 0) is 47.2 Å². The number of fused-ring (bicyclic) bond motifs is 4. The standard InChI is InChI=1S/C50H52N4O8S2/c1-49(2)40-32-38(63(57,58)59)25-27-43(40)52(5)45(49)20-8-6-9-21-46-50(3,4)41-33-39(64(60,61)62)26-28-44(41)53(46)31-15-7-10-22-47(55)51-30-29-48(56)54-34-37-18-12-11-16-35(37)23-24-36-17-13-14-19-42(36)54/h6,8-9,11-14,16-21,25-28,32-33H,7,10,15,22,29-31,34H2,1-5H3,(H2-,51,55,57,58,59,60,61,62)/p+1. The molecule has 0 saturated carbocycles. The Labute approximate surface area is 376 Å². The van der Waals surface area contributed by atoms with Crippen LogP contribution in [0.3, 0.4) is 0 Å². The predicted molar refractivity (Wildman–Crippen MR) is 249 cm³/mol. The lowest BCUT2D eigenvalue weighted by Crippen LogP contribution is -2.35. The monoisotopic (exact) mass is 901 g/mol. The molecule has 0 unspecified atom stereocenters. The molecule has 3 heterocycles. The van der Waals surface area contributed by atoms with E-state index in [4.69, 9.17) is 0 Å². The Bertz CT molecular complexity index is 2950. The van der Waals surface area contributed by atoms with Crippen molar-refractivity contribution in [3.8, 4) is 11.8 Å². The van der Waals surface area contributed by atoms with Gasteiger partial charge in [0.25, 0.3) is 20.2 Å². The normalized spacial score (nSPS) is 16.8. The second kappa shape index (κ2) is 18.2. The minimum atomic E-state index is -4.43. The summed E-state index contributed by atoms with van der Waals surface area (Å²) < 4.78 is 69.5. The average molecular weight is 902 g/mol. The number of unbranched alkanes of at least 4 members (excludes halogenated alkanes) is 2. The van der Waals surface area contributed by atoms with Crippen molar-refractivity contribution in [2.75, 3.05) is 29.9 Å². The van der Waals surface area contributed by atoms with Crippen LogP contribution < -0.4 is 15.1 Å². The number of para-hydroxylation sites is 1. The number of nitrogens with one attached hydrogen (secondary N) is 1. The van der Waals surface area contributed by atoms with Crippen LogP contribution in [-0.4, -0.2) is 68.2 Å². The summed E-state index contributed by atoms with van der Waals surface area (Å²) in [6, 6.07) is 24.6. The van der Waals surface area contributed by atoms with Gasteiger partial charge in [0.1, 0.15) is 7.05 Å². The Balaban J connectivity index is 0.971. The molecule has 3 aliphatic heterocycles. The molecule has 0 radical (unpaired) electrons. The molecule has 0 aromatic heterocycles. The Morgan fingerprint density at radius 3 is 2.14 bits per heavy atom. The van der Waals surface area contributed by atoms with Gasteiger partial charge in [0.2, 0.25) is 17.5 Å². The minimum Gasteiger partial charge on any atom is -0.356 e. The number of hydrogen-bond acceptors (Lipinski definition) is 7. The van der Waals surface area contributed by atoms with Crippen LogP contribution in [0.25, 0.3) is 0 Å². The van der Waals surface area contributed by atoms with Crippen LogP contribution in [0.1, 0.15) is 87.6 Å². The van der Waals surface area contributed by atoms with E-state index >= 15 is 0 Å². The molecule has 64 heavy (non-hydrogen) atoms. The van der Waals surface area contributed by atoms with Gasteiger partial charge in [-0.05, 0) is 92.4 Å². The minimum absolute atomic E-state index is 0.104. The lowest BCUT2D eigenvalue weighted by molar-refractivity contribution is -0.401. The molecular weight excluding hydrogens is 849 g/mol. The summed E-state index contributed by atoms with van der Waals surface area (Å²) in [7, 11) is -6.89. The van der Waals surface area contributed by atoms with E-state index in [1.807, 2.05) is 118 Å². The number of amides is 2. The van der Waals surface area contributed by atoms with Gasteiger partial charge in [0.15, 0.2) is 5.71 Å². The molecule has 4 aromatic carbocycles. The average Bonchev–Trinajstić information content (AvgIpc) is 3.57. The Kier molecular flexibility index (Phi) is 13.0. The largest absolute Gasteiger partial charge is 0.356 e. The number of allylic oxidation sites excluding steroid dienone is 6. The van der Waals surface area contributed by atoms with E-state index in [2.05, 4.69) is 22.1 Å². The van der Waals surface area contributed by atoms with Crippen molar-refractivity contribution in [3.05, 3.63) is 149 Å². The lowest BCUT2D eigenvalue weighted by atomic mass is 9.81. The number of benzene rings is 4. The maximum atomic E-state index is 13.6. The third-order valence-electron chi connectivity index (χ3n) is 12.3. The van der Waals surface area contributed by atoms with E-state index in [1.165, 1.54) is 24.3 Å². The summed E-state index contributed by atoms with van der Waals surface area (Å²) in [6.07, 6.45) is 12.2. The van der Waals surface area contributed by atoms with E-state index in [-0.39, 0.29) is 34.6 Å². The fourth-order valence-electron chi connectivity index (χ4n) is 8.86. The molecule has 0 fully saturated rings. The fraction of sp³-hybridized carbons (Fsp3) is 0.300. The van der Waals surface area contributed by atoms with Crippen LogP contribution >= 0.6 is 0 Å². The van der Waals surface area contributed by atoms with Crippen molar-refractivity contribution in [1.82, 2.24) is 5.32 Å². The van der Waals surface area contributed by atoms with Crippen molar-refractivity contribution < 1.29 is 40.1 Å². The maximum absolute atomic E-state index is 13.6. The number of anilines is 2. The second-order valence-electron chi connectivity index (χ2n) is 17.3. The summed E-state index contributed by atoms with van der Waals surface area (Å²) in [5.74, 6) is 6.20. The van der Waals surface area contributed by atoms with Crippen molar-refractivity contribution in [3.63, 3.8) is 0 Å². The highest BCUT2D eigenvalue weighted by Crippen LogP contribution is 2.48. The Morgan fingerprint density at radius 1 is 0.750 bits per heavy atom. The number of carbonyl (C=O) groups is 2. The fourth-order valence-corrected chi connectivity index (χ4v) is 9.87. The van der Waals surface area contributed by atoms with Gasteiger partial charge >= 0.3 is 0 Å². The Morgan fingerprint density at radius 2 is 1.41 bits per heavy atom. The van der Waals surface area contributed by atoms with Gasteiger partial charge in [-0.15, -0.1) is 0 Å². The van der Waals surface area contributed by atoms with Crippen LogP contribution in [0.5, 0.6) is 0 Å². The highest BCUT2D eigenvalue weighted by atomic mass is 32.2. The molecule has 7 rings (SSSR count). The topological polar surface area (TPSA) is 164 Å². The quantitative estimate of drug-likeness (QED) is 0.0374. The van der Waals surface area contributed by atoms with Gasteiger partial charge in [0, 0.05) is 71.6 Å². The zero-order valence-electron chi connectivity index (χ0n) is 36.6. The van der Waals surface area contributed by atoms with E-state index in [1.54, 1.807) is 17.0 Å². The Hall–Kier alpha value is -6.11. The highest BCUT2D eigenvalue weighted by molar-refractivity contribution is 7.86.